The van der Waals surface area contributed by atoms with Gasteiger partial charge in [0.15, 0.2) is 29.1 Å². The molecule has 0 fully saturated rings. The third-order valence-corrected chi connectivity index (χ3v) is 3.61. The molecular weight excluding hydrogens is 388 g/mol. The maximum absolute atomic E-state index is 13.7. The fraction of sp³-hybridized carbons (Fsp3) is 0.133. The standard InChI is InChI=1S/C15H10F4N6O3/c1-23-6-9(25(27)28)14(22-23)15(26)20-10-2-3-24(21-10)5-7-4-8(16)12(18)13(19)11(7)17/h2-4,6H,5H2,1H3,(H,20,21,26). The van der Waals surface area contributed by atoms with Crippen LogP contribution in [0.3, 0.4) is 0 Å². The predicted molar refractivity (Wildman–Crippen MR) is 85.4 cm³/mol. The number of hydrogen-bond donors (Lipinski definition) is 1. The average molecular weight is 398 g/mol. The van der Waals surface area contributed by atoms with Crippen LogP contribution < -0.4 is 5.32 Å². The summed E-state index contributed by atoms with van der Waals surface area (Å²) in [6.45, 7) is -0.459. The van der Waals surface area contributed by atoms with E-state index < -0.39 is 57.6 Å². The summed E-state index contributed by atoms with van der Waals surface area (Å²) in [6.07, 6.45) is 2.30. The van der Waals surface area contributed by atoms with Gasteiger partial charge in [-0.1, -0.05) is 0 Å². The Bertz CT molecular complexity index is 1090. The molecule has 2 heterocycles. The number of aromatic nitrogens is 4. The van der Waals surface area contributed by atoms with Gasteiger partial charge in [0.1, 0.15) is 6.20 Å². The van der Waals surface area contributed by atoms with Crippen LogP contribution in [0.4, 0.5) is 29.1 Å². The second-order valence-electron chi connectivity index (χ2n) is 5.61. The second-order valence-corrected chi connectivity index (χ2v) is 5.61. The highest BCUT2D eigenvalue weighted by atomic mass is 19.2. The molecule has 0 unspecified atom stereocenters. The molecule has 0 aliphatic heterocycles. The van der Waals surface area contributed by atoms with E-state index in [-0.39, 0.29) is 5.82 Å². The van der Waals surface area contributed by atoms with Gasteiger partial charge in [-0.25, -0.2) is 17.6 Å². The predicted octanol–water partition coefficient (Wildman–Crippen LogP) is 2.38. The van der Waals surface area contributed by atoms with Gasteiger partial charge in [0.2, 0.25) is 5.69 Å². The molecule has 13 heteroatoms. The smallest absolute Gasteiger partial charge is 0.303 e. The number of hydrogen-bond acceptors (Lipinski definition) is 5. The third-order valence-electron chi connectivity index (χ3n) is 3.61. The minimum Gasteiger partial charge on any atom is -0.303 e. The van der Waals surface area contributed by atoms with Crippen LogP contribution in [0.15, 0.2) is 24.5 Å². The van der Waals surface area contributed by atoms with E-state index in [2.05, 4.69) is 15.5 Å². The molecular formula is C15H10F4N6O3. The van der Waals surface area contributed by atoms with E-state index in [1.54, 1.807) is 0 Å². The van der Waals surface area contributed by atoms with Gasteiger partial charge in [-0.3, -0.25) is 24.3 Å². The van der Waals surface area contributed by atoms with E-state index in [0.29, 0.717) is 6.07 Å². The van der Waals surface area contributed by atoms with Crippen LogP contribution in [0, 0.1) is 33.4 Å². The molecule has 0 radical (unpaired) electrons. The van der Waals surface area contributed by atoms with Crippen LogP contribution in [0.5, 0.6) is 0 Å². The van der Waals surface area contributed by atoms with E-state index in [4.69, 9.17) is 0 Å². The summed E-state index contributed by atoms with van der Waals surface area (Å²) in [4.78, 5) is 22.3. The summed E-state index contributed by atoms with van der Waals surface area (Å²) < 4.78 is 55.4. The van der Waals surface area contributed by atoms with Gasteiger partial charge in [-0.05, 0) is 6.07 Å². The number of halogens is 4. The first kappa shape index (κ1) is 19.0. The zero-order valence-electron chi connectivity index (χ0n) is 14.0. The Morgan fingerprint density at radius 1 is 1.21 bits per heavy atom. The molecule has 1 N–H and O–H groups in total. The Balaban J connectivity index is 1.79. The minimum atomic E-state index is -1.95. The Hall–Kier alpha value is -3.77. The number of carbonyl (C=O) groups is 1. The Morgan fingerprint density at radius 3 is 2.61 bits per heavy atom. The molecule has 1 aromatic carbocycles. The highest BCUT2D eigenvalue weighted by Gasteiger charge is 2.25. The largest absolute Gasteiger partial charge is 0.320 e. The van der Waals surface area contributed by atoms with Gasteiger partial charge in [0.25, 0.3) is 5.91 Å². The highest BCUT2D eigenvalue weighted by Crippen LogP contribution is 2.20. The Kier molecular flexibility index (Phi) is 4.81. The van der Waals surface area contributed by atoms with E-state index in [1.165, 1.54) is 19.3 Å². The van der Waals surface area contributed by atoms with Crippen molar-refractivity contribution in [2.75, 3.05) is 5.32 Å². The molecule has 3 rings (SSSR count). The molecule has 1 amide bonds. The highest BCUT2D eigenvalue weighted by molar-refractivity contribution is 6.05. The van der Waals surface area contributed by atoms with Crippen LogP contribution in [0.1, 0.15) is 16.1 Å². The van der Waals surface area contributed by atoms with Crippen molar-refractivity contribution in [1.29, 1.82) is 0 Å². The number of nitro groups is 1. The van der Waals surface area contributed by atoms with Crippen LogP contribution in [0.25, 0.3) is 0 Å². The van der Waals surface area contributed by atoms with Crippen LogP contribution >= 0.6 is 0 Å². The van der Waals surface area contributed by atoms with Crippen molar-refractivity contribution in [3.05, 3.63) is 69.2 Å². The number of nitrogens with zero attached hydrogens (tertiary/aromatic N) is 5. The average Bonchev–Trinajstić information content (AvgIpc) is 3.24. The zero-order chi connectivity index (χ0) is 20.6. The molecule has 0 spiro atoms. The molecule has 0 aliphatic rings. The SMILES string of the molecule is Cn1cc([N+](=O)[O-])c(C(=O)Nc2ccn(Cc3cc(F)c(F)c(F)c3F)n2)n1. The maximum Gasteiger partial charge on any atom is 0.320 e. The quantitative estimate of drug-likeness (QED) is 0.233. The molecule has 9 nitrogen and oxygen atoms in total. The molecule has 2 aromatic heterocycles. The van der Waals surface area contributed by atoms with Crippen LogP contribution in [-0.4, -0.2) is 30.4 Å². The lowest BCUT2D eigenvalue weighted by atomic mass is 10.2. The van der Waals surface area contributed by atoms with Crippen molar-refractivity contribution < 1.29 is 27.3 Å². The Labute approximate surface area is 153 Å². The van der Waals surface area contributed by atoms with E-state index in [9.17, 15) is 32.5 Å². The van der Waals surface area contributed by atoms with Gasteiger partial charge < -0.3 is 5.32 Å². The van der Waals surface area contributed by atoms with Gasteiger partial charge in [0.05, 0.1) is 11.5 Å². The minimum absolute atomic E-state index is 0.0755. The molecule has 28 heavy (non-hydrogen) atoms. The summed E-state index contributed by atoms with van der Waals surface area (Å²) >= 11 is 0. The summed E-state index contributed by atoms with van der Waals surface area (Å²) in [7, 11) is 1.40. The first-order valence-electron chi connectivity index (χ1n) is 7.52. The molecule has 0 atom stereocenters. The third kappa shape index (κ3) is 3.54. The number of nitrogens with one attached hydrogen (secondary N) is 1. The number of benzene rings is 1. The lowest BCUT2D eigenvalue weighted by Gasteiger charge is -2.06. The Morgan fingerprint density at radius 2 is 1.93 bits per heavy atom. The number of amides is 1. The number of rotatable bonds is 5. The number of aryl methyl sites for hydroxylation is 1. The first-order chi connectivity index (χ1) is 13.2. The van der Waals surface area contributed by atoms with Gasteiger partial charge in [-0.2, -0.15) is 10.2 Å². The van der Waals surface area contributed by atoms with Crippen molar-refractivity contribution in [2.45, 2.75) is 6.54 Å². The second kappa shape index (κ2) is 7.09. The van der Waals surface area contributed by atoms with E-state index in [0.717, 1.165) is 15.6 Å². The summed E-state index contributed by atoms with van der Waals surface area (Å²) in [5.74, 6) is -7.98. The van der Waals surface area contributed by atoms with Gasteiger partial charge >= 0.3 is 5.69 Å². The van der Waals surface area contributed by atoms with E-state index in [1.807, 2.05) is 0 Å². The molecule has 146 valence electrons. The lowest BCUT2D eigenvalue weighted by molar-refractivity contribution is -0.385. The van der Waals surface area contributed by atoms with Crippen molar-refractivity contribution in [1.82, 2.24) is 19.6 Å². The van der Waals surface area contributed by atoms with Gasteiger partial charge in [-0.15, -0.1) is 0 Å². The molecule has 0 aliphatic carbocycles. The van der Waals surface area contributed by atoms with E-state index >= 15 is 0 Å². The monoisotopic (exact) mass is 398 g/mol. The normalized spacial score (nSPS) is 10.9. The van der Waals surface area contributed by atoms with Crippen molar-refractivity contribution >= 4 is 17.4 Å². The first-order valence-corrected chi connectivity index (χ1v) is 7.52. The number of carbonyl (C=O) groups excluding carboxylic acids is 1. The fourth-order valence-corrected chi connectivity index (χ4v) is 2.37. The summed E-state index contributed by atoms with van der Waals surface area (Å²) in [5.41, 5.74) is -1.47. The lowest BCUT2D eigenvalue weighted by Crippen LogP contribution is -2.15. The molecule has 3 aromatic rings. The zero-order valence-corrected chi connectivity index (χ0v) is 14.0. The number of anilines is 1. The topological polar surface area (TPSA) is 108 Å². The van der Waals surface area contributed by atoms with Crippen molar-refractivity contribution in [3.63, 3.8) is 0 Å². The molecule has 0 bridgehead atoms. The summed E-state index contributed by atoms with van der Waals surface area (Å²) in [5, 5.41) is 20.8. The van der Waals surface area contributed by atoms with Crippen LogP contribution in [0.2, 0.25) is 0 Å². The molecule has 0 saturated heterocycles. The molecule has 0 saturated carbocycles. The maximum atomic E-state index is 13.7. The van der Waals surface area contributed by atoms with Gasteiger partial charge in [0, 0.05) is 24.9 Å². The van der Waals surface area contributed by atoms with Crippen molar-refractivity contribution in [3.8, 4) is 0 Å². The van der Waals surface area contributed by atoms with Crippen molar-refractivity contribution in [2.24, 2.45) is 7.05 Å². The fourth-order valence-electron chi connectivity index (χ4n) is 2.37. The van der Waals surface area contributed by atoms with Crippen LogP contribution in [-0.2, 0) is 13.6 Å². The summed E-state index contributed by atoms with van der Waals surface area (Å²) in [6, 6.07) is 1.76.